The van der Waals surface area contributed by atoms with Gasteiger partial charge in [-0.2, -0.15) is 0 Å². The first-order valence-corrected chi connectivity index (χ1v) is 22.3. The topological polar surface area (TPSA) is 0 Å². The lowest BCUT2D eigenvalue weighted by atomic mass is 9.81. The molecule has 0 saturated heterocycles. The molecule has 12 aromatic carbocycles. The molecule has 64 heavy (non-hydrogen) atoms. The molecule has 0 heteroatoms. The molecule has 0 aromatic heterocycles. The summed E-state index contributed by atoms with van der Waals surface area (Å²) in [6.07, 6.45) is 0. The minimum absolute atomic E-state index is 1.19. The molecule has 0 radical (unpaired) electrons. The van der Waals surface area contributed by atoms with Crippen LogP contribution in [0, 0.1) is 0 Å². The Hall–Kier alpha value is -8.32. The van der Waals surface area contributed by atoms with Gasteiger partial charge in [0.05, 0.1) is 0 Å². The summed E-state index contributed by atoms with van der Waals surface area (Å²) in [6, 6.07) is 89.7. The average Bonchev–Trinajstić information content (AvgIpc) is 3.70. The van der Waals surface area contributed by atoms with E-state index in [1.165, 1.54) is 132 Å². The second kappa shape index (κ2) is 14.7. The van der Waals surface area contributed by atoms with Crippen LogP contribution in [-0.4, -0.2) is 0 Å². The monoisotopic (exact) mass is 808 g/mol. The first-order valence-electron chi connectivity index (χ1n) is 22.3. The number of hydrogen-bond acceptors (Lipinski definition) is 0. The molecule has 0 saturated carbocycles. The SMILES string of the molecule is c1ccc(-c2c3c(c(-c4ccccc4)c4cc(-c5cccc(-c6ccc7c(-c8ccccc8)c8ccccc8c(-c8ccccc8)c7c6)c5)ccc24)-c2cccc4cccc-3c24)cc1. The lowest BCUT2D eigenvalue weighted by Crippen LogP contribution is -1.94. The summed E-state index contributed by atoms with van der Waals surface area (Å²) in [7, 11) is 0. The van der Waals surface area contributed by atoms with E-state index >= 15 is 0 Å². The van der Waals surface area contributed by atoms with Crippen molar-refractivity contribution >= 4 is 43.1 Å². The van der Waals surface area contributed by atoms with Gasteiger partial charge in [-0.1, -0.05) is 224 Å². The zero-order valence-electron chi connectivity index (χ0n) is 35.1. The normalized spacial score (nSPS) is 11.8. The van der Waals surface area contributed by atoms with Gasteiger partial charge in [-0.15, -0.1) is 0 Å². The molecule has 1 aliphatic rings. The molecule has 0 nitrogen and oxygen atoms in total. The van der Waals surface area contributed by atoms with Crippen LogP contribution in [0.1, 0.15) is 0 Å². The van der Waals surface area contributed by atoms with Crippen LogP contribution in [0.5, 0.6) is 0 Å². The van der Waals surface area contributed by atoms with Crippen LogP contribution < -0.4 is 0 Å². The quantitative estimate of drug-likeness (QED) is 0.147. The van der Waals surface area contributed by atoms with Crippen molar-refractivity contribution in [1.29, 1.82) is 0 Å². The van der Waals surface area contributed by atoms with E-state index in [4.69, 9.17) is 0 Å². The van der Waals surface area contributed by atoms with E-state index in [-0.39, 0.29) is 0 Å². The third-order valence-electron chi connectivity index (χ3n) is 13.6. The van der Waals surface area contributed by atoms with Crippen LogP contribution >= 0.6 is 0 Å². The molecule has 0 unspecified atom stereocenters. The molecule has 0 heterocycles. The maximum Gasteiger partial charge on any atom is -0.000741 e. The van der Waals surface area contributed by atoms with E-state index in [1.807, 2.05) is 0 Å². The number of benzene rings is 12. The predicted molar refractivity (Wildman–Crippen MR) is 274 cm³/mol. The molecular formula is C64H40. The molecule has 0 aliphatic heterocycles. The third-order valence-corrected chi connectivity index (χ3v) is 13.6. The van der Waals surface area contributed by atoms with Crippen molar-refractivity contribution in [2.45, 2.75) is 0 Å². The summed E-state index contributed by atoms with van der Waals surface area (Å²) in [5, 5.41) is 10.2. The maximum absolute atomic E-state index is 2.46. The molecule has 0 N–H and O–H groups in total. The van der Waals surface area contributed by atoms with Gasteiger partial charge in [-0.25, -0.2) is 0 Å². The van der Waals surface area contributed by atoms with Gasteiger partial charge in [0.2, 0.25) is 0 Å². The molecule has 0 atom stereocenters. The number of hydrogen-bond donors (Lipinski definition) is 0. The lowest BCUT2D eigenvalue weighted by Gasteiger charge is -2.21. The van der Waals surface area contributed by atoms with Gasteiger partial charge in [-0.3, -0.25) is 0 Å². The van der Waals surface area contributed by atoms with E-state index in [1.54, 1.807) is 0 Å². The first-order chi connectivity index (χ1) is 31.8. The van der Waals surface area contributed by atoms with Crippen LogP contribution in [0.15, 0.2) is 243 Å². The van der Waals surface area contributed by atoms with Gasteiger partial charge in [0, 0.05) is 0 Å². The lowest BCUT2D eigenvalue weighted by molar-refractivity contribution is 1.60. The van der Waals surface area contributed by atoms with Crippen molar-refractivity contribution in [2.24, 2.45) is 0 Å². The summed E-state index contributed by atoms with van der Waals surface area (Å²) in [4.78, 5) is 0. The minimum atomic E-state index is 1.19. The molecule has 296 valence electrons. The van der Waals surface area contributed by atoms with Gasteiger partial charge in [0.15, 0.2) is 0 Å². The predicted octanol–water partition coefficient (Wildman–Crippen LogP) is 17.9. The van der Waals surface area contributed by atoms with E-state index in [9.17, 15) is 0 Å². The van der Waals surface area contributed by atoms with Crippen LogP contribution in [0.2, 0.25) is 0 Å². The Balaban J connectivity index is 1.04. The fourth-order valence-electron chi connectivity index (χ4n) is 10.8. The zero-order chi connectivity index (χ0) is 42.1. The third kappa shape index (κ3) is 5.63. The minimum Gasteiger partial charge on any atom is -0.0622 e. The molecule has 12 aromatic rings. The van der Waals surface area contributed by atoms with Gasteiger partial charge >= 0.3 is 0 Å². The van der Waals surface area contributed by atoms with Crippen LogP contribution in [0.3, 0.4) is 0 Å². The van der Waals surface area contributed by atoms with Gasteiger partial charge in [0.1, 0.15) is 0 Å². The van der Waals surface area contributed by atoms with Crippen LogP contribution in [0.25, 0.3) is 132 Å². The highest BCUT2D eigenvalue weighted by Gasteiger charge is 2.30. The van der Waals surface area contributed by atoms with Crippen molar-refractivity contribution in [1.82, 2.24) is 0 Å². The standard InChI is InChI=1S/C64H40/c1-5-18-41(19-6-1)58-50-30-13-14-31-51(50)59(42-20-7-2-8-21-42)56-39-48(34-36-52(56)58)46-28-15-29-47(38-46)49-35-37-53-57(40-49)62(45-24-11-4-12-25-45)64-55-33-17-27-43-26-16-32-54(60(43)55)63(64)61(53)44-22-9-3-10-23-44/h1-40H. The first kappa shape index (κ1) is 36.3. The summed E-state index contributed by atoms with van der Waals surface area (Å²) in [5.41, 5.74) is 20.1. The van der Waals surface area contributed by atoms with E-state index in [0.29, 0.717) is 0 Å². The second-order valence-electron chi connectivity index (χ2n) is 17.1. The maximum atomic E-state index is 2.46. The Morgan fingerprint density at radius 3 is 0.984 bits per heavy atom. The smallest absolute Gasteiger partial charge is 0.000741 e. The Bertz CT molecular complexity index is 3780. The van der Waals surface area contributed by atoms with Crippen molar-refractivity contribution in [2.75, 3.05) is 0 Å². The summed E-state index contributed by atoms with van der Waals surface area (Å²) < 4.78 is 0. The summed E-state index contributed by atoms with van der Waals surface area (Å²) >= 11 is 0. The second-order valence-corrected chi connectivity index (χ2v) is 17.1. The number of rotatable bonds is 6. The molecule has 13 rings (SSSR count). The highest BCUT2D eigenvalue weighted by atomic mass is 14.3. The molecular weight excluding hydrogens is 769 g/mol. The largest absolute Gasteiger partial charge is 0.0622 e. The molecule has 0 fully saturated rings. The Morgan fingerprint density at radius 1 is 0.172 bits per heavy atom. The fraction of sp³-hybridized carbons (Fsp3) is 0. The van der Waals surface area contributed by atoms with Crippen molar-refractivity contribution in [3.63, 3.8) is 0 Å². The number of fused-ring (bicyclic) bond motifs is 6. The summed E-state index contributed by atoms with van der Waals surface area (Å²) in [6.45, 7) is 0. The Labute approximate surface area is 373 Å². The van der Waals surface area contributed by atoms with Crippen molar-refractivity contribution in [3.05, 3.63) is 243 Å². The van der Waals surface area contributed by atoms with Gasteiger partial charge in [-0.05, 0) is 150 Å². The van der Waals surface area contributed by atoms with Gasteiger partial charge < -0.3 is 0 Å². The molecule has 0 spiro atoms. The van der Waals surface area contributed by atoms with E-state index in [2.05, 4.69) is 243 Å². The van der Waals surface area contributed by atoms with E-state index < -0.39 is 0 Å². The molecule has 1 aliphatic carbocycles. The highest BCUT2D eigenvalue weighted by molar-refractivity contribution is 6.28. The molecule has 0 amide bonds. The van der Waals surface area contributed by atoms with Crippen LogP contribution in [0.4, 0.5) is 0 Å². The zero-order valence-corrected chi connectivity index (χ0v) is 35.1. The Kier molecular flexibility index (Phi) is 8.32. The van der Waals surface area contributed by atoms with Crippen molar-refractivity contribution in [3.8, 4) is 89.0 Å². The average molecular weight is 809 g/mol. The fourth-order valence-corrected chi connectivity index (χ4v) is 10.8. The molecule has 0 bridgehead atoms. The highest BCUT2D eigenvalue weighted by Crippen LogP contribution is 2.58. The summed E-state index contributed by atoms with van der Waals surface area (Å²) in [5.74, 6) is 0. The Morgan fingerprint density at radius 2 is 0.500 bits per heavy atom. The van der Waals surface area contributed by atoms with Crippen LogP contribution in [-0.2, 0) is 0 Å². The van der Waals surface area contributed by atoms with Crippen molar-refractivity contribution < 1.29 is 0 Å². The van der Waals surface area contributed by atoms with E-state index in [0.717, 1.165) is 0 Å². The van der Waals surface area contributed by atoms with Gasteiger partial charge in [0.25, 0.3) is 0 Å².